The van der Waals surface area contributed by atoms with E-state index in [1.807, 2.05) is 18.2 Å². The SMILES string of the molecule is Ic1ccc(CO[C@@H]2CCCCO2)cc1OCc1ccccc1. The molecule has 0 aromatic heterocycles. The zero-order valence-corrected chi connectivity index (χ0v) is 15.2. The van der Waals surface area contributed by atoms with Crippen LogP contribution in [0.4, 0.5) is 0 Å². The molecule has 0 N–H and O–H groups in total. The third kappa shape index (κ3) is 5.19. The fourth-order valence-electron chi connectivity index (χ4n) is 2.52. The van der Waals surface area contributed by atoms with Crippen molar-refractivity contribution in [1.29, 1.82) is 0 Å². The molecule has 0 aliphatic carbocycles. The summed E-state index contributed by atoms with van der Waals surface area (Å²) in [7, 11) is 0. The Morgan fingerprint density at radius 3 is 2.65 bits per heavy atom. The lowest BCUT2D eigenvalue weighted by Gasteiger charge is -2.22. The summed E-state index contributed by atoms with van der Waals surface area (Å²) in [5.74, 6) is 0.903. The largest absolute Gasteiger partial charge is 0.488 e. The van der Waals surface area contributed by atoms with Gasteiger partial charge in [-0.25, -0.2) is 0 Å². The van der Waals surface area contributed by atoms with Gasteiger partial charge in [0, 0.05) is 6.61 Å². The van der Waals surface area contributed by atoms with Crippen LogP contribution < -0.4 is 4.74 Å². The second kappa shape index (κ2) is 8.66. The van der Waals surface area contributed by atoms with Crippen molar-refractivity contribution in [1.82, 2.24) is 0 Å². The molecule has 2 aromatic carbocycles. The van der Waals surface area contributed by atoms with Gasteiger partial charge in [0.2, 0.25) is 0 Å². The van der Waals surface area contributed by atoms with E-state index < -0.39 is 0 Å². The van der Waals surface area contributed by atoms with Crippen molar-refractivity contribution < 1.29 is 14.2 Å². The quantitative estimate of drug-likeness (QED) is 0.617. The number of benzene rings is 2. The molecule has 1 saturated heterocycles. The van der Waals surface area contributed by atoms with Crippen molar-refractivity contribution >= 4 is 22.6 Å². The number of ether oxygens (including phenoxy) is 3. The van der Waals surface area contributed by atoms with Crippen LogP contribution in [-0.4, -0.2) is 12.9 Å². The van der Waals surface area contributed by atoms with Gasteiger partial charge in [-0.1, -0.05) is 36.4 Å². The van der Waals surface area contributed by atoms with Crippen LogP contribution in [0.5, 0.6) is 5.75 Å². The monoisotopic (exact) mass is 424 g/mol. The highest BCUT2D eigenvalue weighted by Gasteiger charge is 2.14. The van der Waals surface area contributed by atoms with Gasteiger partial charge in [-0.15, -0.1) is 0 Å². The Morgan fingerprint density at radius 1 is 1.00 bits per heavy atom. The molecular formula is C19H21IO3. The molecule has 0 amide bonds. The molecule has 0 radical (unpaired) electrons. The first-order valence-corrected chi connectivity index (χ1v) is 9.07. The molecule has 1 aliphatic heterocycles. The smallest absolute Gasteiger partial charge is 0.158 e. The Hall–Kier alpha value is -1.11. The molecule has 122 valence electrons. The summed E-state index contributed by atoms with van der Waals surface area (Å²) in [6.45, 7) is 1.94. The van der Waals surface area contributed by atoms with Gasteiger partial charge in [0.1, 0.15) is 12.4 Å². The summed E-state index contributed by atoms with van der Waals surface area (Å²) in [5.41, 5.74) is 2.28. The van der Waals surface area contributed by atoms with E-state index in [4.69, 9.17) is 14.2 Å². The van der Waals surface area contributed by atoms with Gasteiger partial charge in [0.15, 0.2) is 6.29 Å². The summed E-state index contributed by atoms with van der Waals surface area (Å²) in [5, 5.41) is 0. The van der Waals surface area contributed by atoms with Gasteiger partial charge in [-0.05, 0) is 65.1 Å². The lowest BCUT2D eigenvalue weighted by Crippen LogP contribution is -2.22. The van der Waals surface area contributed by atoms with Gasteiger partial charge in [0.05, 0.1) is 10.2 Å². The van der Waals surface area contributed by atoms with Crippen LogP contribution in [0.1, 0.15) is 30.4 Å². The Bertz CT molecular complexity index is 609. The molecule has 1 fully saturated rings. The van der Waals surface area contributed by atoms with Crippen molar-refractivity contribution in [3.05, 3.63) is 63.2 Å². The van der Waals surface area contributed by atoms with E-state index in [2.05, 4.69) is 52.9 Å². The van der Waals surface area contributed by atoms with Gasteiger partial charge in [-0.2, -0.15) is 0 Å². The minimum Gasteiger partial charge on any atom is -0.488 e. The van der Waals surface area contributed by atoms with E-state index in [9.17, 15) is 0 Å². The topological polar surface area (TPSA) is 27.7 Å². The maximum atomic E-state index is 5.96. The predicted molar refractivity (Wildman–Crippen MR) is 98.3 cm³/mol. The van der Waals surface area contributed by atoms with Crippen LogP contribution in [0, 0.1) is 3.57 Å². The van der Waals surface area contributed by atoms with E-state index >= 15 is 0 Å². The third-order valence-corrected chi connectivity index (χ3v) is 4.70. The molecule has 1 aliphatic rings. The van der Waals surface area contributed by atoms with Crippen LogP contribution >= 0.6 is 22.6 Å². The summed E-state index contributed by atoms with van der Waals surface area (Å²) in [6, 6.07) is 16.4. The molecule has 0 bridgehead atoms. The summed E-state index contributed by atoms with van der Waals surface area (Å²) in [4.78, 5) is 0. The average Bonchev–Trinajstić information content (AvgIpc) is 2.62. The highest BCUT2D eigenvalue weighted by Crippen LogP contribution is 2.24. The van der Waals surface area contributed by atoms with Gasteiger partial charge in [0.25, 0.3) is 0 Å². The van der Waals surface area contributed by atoms with Crippen molar-refractivity contribution in [2.75, 3.05) is 6.61 Å². The second-order valence-corrected chi connectivity index (χ2v) is 6.81. The number of hydrogen-bond acceptors (Lipinski definition) is 3. The zero-order chi connectivity index (χ0) is 15.9. The summed E-state index contributed by atoms with van der Waals surface area (Å²) < 4.78 is 18.5. The summed E-state index contributed by atoms with van der Waals surface area (Å²) >= 11 is 2.30. The molecule has 3 nitrogen and oxygen atoms in total. The van der Waals surface area contributed by atoms with Crippen molar-refractivity contribution in [2.45, 2.75) is 38.8 Å². The molecule has 4 heteroatoms. The molecule has 2 aromatic rings. The van der Waals surface area contributed by atoms with E-state index in [0.29, 0.717) is 13.2 Å². The molecular weight excluding hydrogens is 403 g/mol. The van der Waals surface area contributed by atoms with E-state index in [0.717, 1.165) is 34.3 Å². The highest BCUT2D eigenvalue weighted by atomic mass is 127. The molecule has 1 heterocycles. The van der Waals surface area contributed by atoms with Crippen LogP contribution in [0.3, 0.4) is 0 Å². The zero-order valence-electron chi connectivity index (χ0n) is 13.0. The molecule has 0 saturated carbocycles. The van der Waals surface area contributed by atoms with E-state index in [-0.39, 0.29) is 6.29 Å². The lowest BCUT2D eigenvalue weighted by molar-refractivity contribution is -0.168. The number of rotatable bonds is 6. The number of halogens is 1. The third-order valence-electron chi connectivity index (χ3n) is 3.81. The highest BCUT2D eigenvalue weighted by molar-refractivity contribution is 14.1. The maximum Gasteiger partial charge on any atom is 0.158 e. The normalized spacial score (nSPS) is 17.9. The minimum absolute atomic E-state index is 0.0586. The fourth-order valence-corrected chi connectivity index (χ4v) is 3.01. The Morgan fingerprint density at radius 2 is 1.87 bits per heavy atom. The van der Waals surface area contributed by atoms with E-state index in [1.54, 1.807) is 0 Å². The predicted octanol–water partition coefficient (Wildman–Crippen LogP) is 4.91. The van der Waals surface area contributed by atoms with E-state index in [1.165, 1.54) is 12.0 Å². The lowest BCUT2D eigenvalue weighted by atomic mass is 10.2. The second-order valence-electron chi connectivity index (χ2n) is 5.65. The first-order chi connectivity index (χ1) is 11.3. The van der Waals surface area contributed by atoms with Crippen molar-refractivity contribution in [3.63, 3.8) is 0 Å². The molecule has 1 atom stereocenters. The van der Waals surface area contributed by atoms with Crippen LogP contribution in [-0.2, 0) is 22.7 Å². The van der Waals surface area contributed by atoms with Crippen LogP contribution in [0.25, 0.3) is 0 Å². The van der Waals surface area contributed by atoms with Crippen molar-refractivity contribution in [2.24, 2.45) is 0 Å². The van der Waals surface area contributed by atoms with Gasteiger partial charge < -0.3 is 14.2 Å². The van der Waals surface area contributed by atoms with Crippen LogP contribution in [0.15, 0.2) is 48.5 Å². The first-order valence-electron chi connectivity index (χ1n) is 7.99. The molecule has 23 heavy (non-hydrogen) atoms. The average molecular weight is 424 g/mol. The standard InChI is InChI=1S/C19H21IO3/c20-17-10-9-16(14-23-19-8-4-5-11-21-19)12-18(17)22-13-15-6-2-1-3-7-15/h1-3,6-7,9-10,12,19H,4-5,8,11,13-14H2/t19-/m1/s1. The number of hydrogen-bond donors (Lipinski definition) is 0. The molecule has 0 spiro atoms. The molecule has 0 unspecified atom stereocenters. The fraction of sp³-hybridized carbons (Fsp3) is 0.368. The minimum atomic E-state index is -0.0586. The van der Waals surface area contributed by atoms with Crippen molar-refractivity contribution in [3.8, 4) is 5.75 Å². The first kappa shape index (κ1) is 16.7. The summed E-state index contributed by atoms with van der Waals surface area (Å²) in [6.07, 6.45) is 3.25. The van der Waals surface area contributed by atoms with Gasteiger partial charge in [-0.3, -0.25) is 0 Å². The Kier molecular flexibility index (Phi) is 6.30. The maximum absolute atomic E-state index is 5.96. The van der Waals surface area contributed by atoms with Gasteiger partial charge >= 0.3 is 0 Å². The molecule has 3 rings (SSSR count). The Balaban J connectivity index is 1.57. The van der Waals surface area contributed by atoms with Crippen LogP contribution in [0.2, 0.25) is 0 Å². The Labute approximate surface area is 151 Å².